The number of carbonyl (C=O) groups excluding carboxylic acids is 3. The summed E-state index contributed by atoms with van der Waals surface area (Å²) < 4.78 is 25.3. The molecule has 2 rings (SSSR count). The average molecular weight is 438 g/mol. The molecule has 0 N–H and O–H groups in total. The summed E-state index contributed by atoms with van der Waals surface area (Å²) in [6.45, 7) is 2.77. The van der Waals surface area contributed by atoms with E-state index in [2.05, 4.69) is 4.90 Å². The van der Waals surface area contributed by atoms with Crippen molar-refractivity contribution in [1.29, 1.82) is 0 Å². The van der Waals surface area contributed by atoms with Crippen LogP contribution >= 0.6 is 0 Å². The van der Waals surface area contributed by atoms with E-state index in [-0.39, 0.29) is 6.42 Å². The molecule has 0 spiro atoms. The number of benzene rings is 1. The number of ether oxygens (including phenoxy) is 5. The Balaban J connectivity index is 2.12. The standard InChI is InChI=1S/C21H30N2O8/c1-14(24)31-13-23(21(26)30-5)17(20(25)29-4)7-9-22-8-6-15-10-18(27-2)19(28-3)11-16(15)12-22/h10-11,17H,6-9,12-13H2,1-5H3. The Bertz CT molecular complexity index is 798. The number of rotatable bonds is 9. The van der Waals surface area contributed by atoms with Gasteiger partial charge < -0.3 is 23.7 Å². The number of nitrogens with zero attached hydrogens (tertiary/aromatic N) is 2. The molecule has 1 unspecified atom stereocenters. The number of esters is 2. The van der Waals surface area contributed by atoms with Crippen molar-refractivity contribution in [2.45, 2.75) is 32.4 Å². The third-order valence-corrected chi connectivity index (χ3v) is 5.18. The van der Waals surface area contributed by atoms with Crippen molar-refractivity contribution in [2.75, 3.05) is 48.3 Å². The molecule has 0 radical (unpaired) electrons. The van der Waals surface area contributed by atoms with Crippen LogP contribution < -0.4 is 9.47 Å². The lowest BCUT2D eigenvalue weighted by atomic mass is 9.98. The molecule has 1 aromatic carbocycles. The van der Waals surface area contributed by atoms with Gasteiger partial charge in [0.2, 0.25) is 0 Å². The molecule has 0 bridgehead atoms. The second-order valence-corrected chi connectivity index (χ2v) is 7.03. The van der Waals surface area contributed by atoms with Crippen LogP contribution in [0.5, 0.6) is 11.5 Å². The van der Waals surface area contributed by atoms with E-state index in [1.165, 1.54) is 26.7 Å². The van der Waals surface area contributed by atoms with Crippen molar-refractivity contribution in [3.63, 3.8) is 0 Å². The molecule has 0 saturated carbocycles. The van der Waals surface area contributed by atoms with Crippen LogP contribution in [0.15, 0.2) is 12.1 Å². The Labute approximate surface area is 181 Å². The minimum Gasteiger partial charge on any atom is -0.493 e. The topological polar surface area (TPSA) is 104 Å². The van der Waals surface area contributed by atoms with E-state index in [9.17, 15) is 14.4 Å². The van der Waals surface area contributed by atoms with Gasteiger partial charge in [0, 0.05) is 26.6 Å². The molecule has 10 nitrogen and oxygen atoms in total. The van der Waals surface area contributed by atoms with Gasteiger partial charge in [0.1, 0.15) is 6.04 Å². The fourth-order valence-corrected chi connectivity index (χ4v) is 3.52. The van der Waals surface area contributed by atoms with Gasteiger partial charge in [-0.25, -0.2) is 9.59 Å². The Hall–Kier alpha value is -3.01. The van der Waals surface area contributed by atoms with E-state index in [1.54, 1.807) is 14.2 Å². The monoisotopic (exact) mass is 438 g/mol. The zero-order valence-corrected chi connectivity index (χ0v) is 18.6. The molecule has 10 heteroatoms. The van der Waals surface area contributed by atoms with E-state index in [0.29, 0.717) is 24.6 Å². The van der Waals surface area contributed by atoms with Crippen LogP contribution in [-0.2, 0) is 36.8 Å². The van der Waals surface area contributed by atoms with Crippen LogP contribution in [0.4, 0.5) is 4.79 Å². The van der Waals surface area contributed by atoms with Gasteiger partial charge in [-0.15, -0.1) is 0 Å². The average Bonchev–Trinajstić information content (AvgIpc) is 2.78. The predicted molar refractivity (Wildman–Crippen MR) is 110 cm³/mol. The summed E-state index contributed by atoms with van der Waals surface area (Å²) in [5, 5.41) is 0. The van der Waals surface area contributed by atoms with Crippen LogP contribution in [-0.4, -0.2) is 82.1 Å². The summed E-state index contributed by atoms with van der Waals surface area (Å²) in [7, 11) is 5.64. The van der Waals surface area contributed by atoms with Crippen LogP contribution in [0.2, 0.25) is 0 Å². The van der Waals surface area contributed by atoms with Crippen molar-refractivity contribution in [2.24, 2.45) is 0 Å². The number of hydrogen-bond acceptors (Lipinski definition) is 9. The van der Waals surface area contributed by atoms with Crippen molar-refractivity contribution in [1.82, 2.24) is 9.80 Å². The summed E-state index contributed by atoms with van der Waals surface area (Å²) in [5.74, 6) is 0.171. The molecule has 0 aliphatic carbocycles. The quantitative estimate of drug-likeness (QED) is 0.323. The maximum absolute atomic E-state index is 12.4. The van der Waals surface area contributed by atoms with Gasteiger partial charge in [-0.05, 0) is 36.1 Å². The highest BCUT2D eigenvalue weighted by Gasteiger charge is 2.33. The third-order valence-electron chi connectivity index (χ3n) is 5.18. The van der Waals surface area contributed by atoms with Crippen molar-refractivity contribution < 1.29 is 38.1 Å². The second kappa shape index (κ2) is 11.4. The molecule has 31 heavy (non-hydrogen) atoms. The van der Waals surface area contributed by atoms with Gasteiger partial charge in [-0.3, -0.25) is 14.6 Å². The summed E-state index contributed by atoms with van der Waals surface area (Å²) in [4.78, 5) is 39.0. The molecule has 1 amide bonds. The molecule has 0 aromatic heterocycles. The van der Waals surface area contributed by atoms with E-state index < -0.39 is 30.8 Å². The molecular weight excluding hydrogens is 408 g/mol. The zero-order chi connectivity index (χ0) is 23.0. The van der Waals surface area contributed by atoms with Gasteiger partial charge in [0.05, 0.1) is 28.4 Å². The first-order valence-corrected chi connectivity index (χ1v) is 9.86. The molecule has 172 valence electrons. The Kier molecular flexibility index (Phi) is 8.92. The van der Waals surface area contributed by atoms with Gasteiger partial charge in [0.15, 0.2) is 18.2 Å². The van der Waals surface area contributed by atoms with E-state index in [1.807, 2.05) is 12.1 Å². The molecule has 1 heterocycles. The van der Waals surface area contributed by atoms with Crippen LogP contribution in [0, 0.1) is 0 Å². The van der Waals surface area contributed by atoms with Crippen LogP contribution in [0.25, 0.3) is 0 Å². The van der Waals surface area contributed by atoms with Gasteiger partial charge in [-0.2, -0.15) is 0 Å². The lowest BCUT2D eigenvalue weighted by molar-refractivity contribution is -0.155. The predicted octanol–water partition coefficient (Wildman–Crippen LogP) is 1.58. The third kappa shape index (κ3) is 6.24. The summed E-state index contributed by atoms with van der Waals surface area (Å²) in [5.41, 5.74) is 2.30. The van der Waals surface area contributed by atoms with Crippen molar-refractivity contribution >= 4 is 18.0 Å². The number of carbonyl (C=O) groups is 3. The van der Waals surface area contributed by atoms with Crippen molar-refractivity contribution in [3.05, 3.63) is 23.3 Å². The normalized spacial score (nSPS) is 14.1. The molecule has 0 saturated heterocycles. The molecule has 1 aromatic rings. The van der Waals surface area contributed by atoms with Gasteiger partial charge in [-0.1, -0.05) is 0 Å². The SMILES string of the molecule is COC(=O)C(CCN1CCc2cc(OC)c(OC)cc2C1)N(COC(C)=O)C(=O)OC. The zero-order valence-electron chi connectivity index (χ0n) is 18.6. The van der Waals surface area contributed by atoms with Crippen LogP contribution in [0.1, 0.15) is 24.5 Å². The lowest BCUT2D eigenvalue weighted by Crippen LogP contribution is -2.48. The smallest absolute Gasteiger partial charge is 0.412 e. The highest BCUT2D eigenvalue weighted by Crippen LogP contribution is 2.33. The van der Waals surface area contributed by atoms with Crippen molar-refractivity contribution in [3.8, 4) is 11.5 Å². The highest BCUT2D eigenvalue weighted by molar-refractivity contribution is 5.81. The summed E-state index contributed by atoms with van der Waals surface area (Å²) in [6.07, 6.45) is 0.316. The summed E-state index contributed by atoms with van der Waals surface area (Å²) >= 11 is 0. The van der Waals surface area contributed by atoms with E-state index >= 15 is 0 Å². The molecule has 1 aliphatic heterocycles. The lowest BCUT2D eigenvalue weighted by Gasteiger charge is -2.32. The van der Waals surface area contributed by atoms with Gasteiger partial charge >= 0.3 is 18.0 Å². The number of fused-ring (bicyclic) bond motifs is 1. The molecular formula is C21H30N2O8. The van der Waals surface area contributed by atoms with Crippen LogP contribution in [0.3, 0.4) is 0 Å². The molecule has 1 atom stereocenters. The first-order chi connectivity index (χ1) is 14.8. The Morgan fingerprint density at radius 1 is 1.03 bits per heavy atom. The Morgan fingerprint density at radius 3 is 2.23 bits per heavy atom. The summed E-state index contributed by atoms with van der Waals surface area (Å²) in [6, 6.07) is 2.99. The fraction of sp³-hybridized carbons (Fsp3) is 0.571. The minimum absolute atomic E-state index is 0.283. The largest absolute Gasteiger partial charge is 0.493 e. The van der Waals surface area contributed by atoms with E-state index in [0.717, 1.165) is 23.4 Å². The molecule has 1 aliphatic rings. The second-order valence-electron chi connectivity index (χ2n) is 7.03. The Morgan fingerprint density at radius 2 is 1.68 bits per heavy atom. The first kappa shape index (κ1) is 24.3. The minimum atomic E-state index is -0.955. The number of amides is 1. The van der Waals surface area contributed by atoms with Gasteiger partial charge in [0.25, 0.3) is 0 Å². The molecule has 0 fully saturated rings. The number of hydrogen-bond donors (Lipinski definition) is 0. The van der Waals surface area contributed by atoms with E-state index in [4.69, 9.17) is 23.7 Å². The maximum atomic E-state index is 12.4. The number of methoxy groups -OCH3 is 4. The fourth-order valence-electron chi connectivity index (χ4n) is 3.52. The maximum Gasteiger partial charge on any atom is 0.412 e. The first-order valence-electron chi connectivity index (χ1n) is 9.86. The highest BCUT2D eigenvalue weighted by atomic mass is 16.6.